The maximum atomic E-state index is 11.5. The third-order valence-corrected chi connectivity index (χ3v) is 4.28. The number of sulfonamides is 1. The van der Waals surface area contributed by atoms with E-state index in [0.717, 1.165) is 5.56 Å². The molecule has 1 unspecified atom stereocenters. The van der Waals surface area contributed by atoms with E-state index < -0.39 is 10.0 Å². The van der Waals surface area contributed by atoms with Crippen LogP contribution < -0.4 is 14.2 Å². The average molecular weight is 271 g/mol. The van der Waals surface area contributed by atoms with Crippen LogP contribution >= 0.6 is 0 Å². The van der Waals surface area contributed by atoms with Crippen LogP contribution in [0.3, 0.4) is 0 Å². The van der Waals surface area contributed by atoms with Crippen molar-refractivity contribution in [3.8, 4) is 11.5 Å². The SMILES string of the molecule is CCS(=O)(=O)NC(C)c1ccc2c(c1)OCCO2. The highest BCUT2D eigenvalue weighted by Gasteiger charge is 2.17. The Morgan fingerprint density at radius 2 is 1.94 bits per heavy atom. The summed E-state index contributed by atoms with van der Waals surface area (Å²) in [5, 5.41) is 0. The van der Waals surface area contributed by atoms with Crippen molar-refractivity contribution in [2.24, 2.45) is 0 Å². The third kappa shape index (κ3) is 2.94. The minimum absolute atomic E-state index is 0.0713. The summed E-state index contributed by atoms with van der Waals surface area (Å²) < 4.78 is 36.5. The van der Waals surface area contributed by atoms with Gasteiger partial charge in [0.05, 0.1) is 5.75 Å². The first-order chi connectivity index (χ1) is 8.52. The molecular formula is C12H17NO4S. The number of hydrogen-bond donors (Lipinski definition) is 1. The van der Waals surface area contributed by atoms with Gasteiger partial charge in [-0.15, -0.1) is 0 Å². The number of rotatable bonds is 4. The Morgan fingerprint density at radius 3 is 2.61 bits per heavy atom. The van der Waals surface area contributed by atoms with Gasteiger partial charge in [-0.05, 0) is 31.5 Å². The number of benzene rings is 1. The van der Waals surface area contributed by atoms with Crippen molar-refractivity contribution in [2.45, 2.75) is 19.9 Å². The van der Waals surface area contributed by atoms with Gasteiger partial charge in [-0.3, -0.25) is 0 Å². The Balaban J connectivity index is 2.18. The smallest absolute Gasteiger partial charge is 0.211 e. The third-order valence-electron chi connectivity index (χ3n) is 2.80. The molecule has 5 nitrogen and oxygen atoms in total. The normalized spacial score (nSPS) is 16.3. The minimum Gasteiger partial charge on any atom is -0.486 e. The van der Waals surface area contributed by atoms with Crippen LogP contribution in [0.15, 0.2) is 18.2 Å². The molecule has 1 aliphatic heterocycles. The number of ether oxygens (including phenoxy) is 2. The fourth-order valence-electron chi connectivity index (χ4n) is 1.75. The molecule has 0 aliphatic carbocycles. The lowest BCUT2D eigenvalue weighted by Crippen LogP contribution is -2.28. The van der Waals surface area contributed by atoms with E-state index in [1.807, 2.05) is 12.1 Å². The number of fused-ring (bicyclic) bond motifs is 1. The quantitative estimate of drug-likeness (QED) is 0.900. The molecule has 6 heteroatoms. The second-order valence-electron chi connectivity index (χ2n) is 4.15. The van der Waals surface area contributed by atoms with Gasteiger partial charge in [-0.1, -0.05) is 6.07 Å². The van der Waals surface area contributed by atoms with E-state index in [9.17, 15) is 8.42 Å². The number of hydrogen-bond acceptors (Lipinski definition) is 4. The molecule has 18 heavy (non-hydrogen) atoms. The molecule has 2 rings (SSSR count). The Bertz CT molecular complexity index is 527. The summed E-state index contributed by atoms with van der Waals surface area (Å²) in [6.45, 7) is 4.48. The molecule has 1 aliphatic rings. The Labute approximate surface area is 107 Å². The molecule has 0 saturated heterocycles. The van der Waals surface area contributed by atoms with Crippen LogP contribution in [-0.2, 0) is 10.0 Å². The molecule has 0 amide bonds. The summed E-state index contributed by atoms with van der Waals surface area (Å²) in [6, 6.07) is 5.18. The topological polar surface area (TPSA) is 64.6 Å². The fourth-order valence-corrected chi connectivity index (χ4v) is 2.59. The molecule has 0 spiro atoms. The molecule has 1 N–H and O–H groups in total. The summed E-state index contributed by atoms with van der Waals surface area (Å²) in [5.74, 6) is 1.44. The number of nitrogens with one attached hydrogen (secondary N) is 1. The second kappa shape index (κ2) is 5.16. The standard InChI is InChI=1S/C12H17NO4S/c1-3-18(14,15)13-9(2)10-4-5-11-12(8-10)17-7-6-16-11/h4-5,8-9,13H,3,6-7H2,1-2H3. The molecule has 1 atom stereocenters. The molecule has 1 aromatic rings. The van der Waals surface area contributed by atoms with Gasteiger partial charge in [0.2, 0.25) is 10.0 Å². The predicted molar refractivity (Wildman–Crippen MR) is 68.4 cm³/mol. The van der Waals surface area contributed by atoms with Gasteiger partial charge >= 0.3 is 0 Å². The van der Waals surface area contributed by atoms with Crippen LogP contribution in [-0.4, -0.2) is 27.4 Å². The molecule has 0 saturated carbocycles. The summed E-state index contributed by atoms with van der Waals surface area (Å²) >= 11 is 0. The largest absolute Gasteiger partial charge is 0.486 e. The summed E-state index contributed by atoms with van der Waals surface area (Å²) in [4.78, 5) is 0. The minimum atomic E-state index is -3.21. The average Bonchev–Trinajstić information content (AvgIpc) is 2.37. The molecular weight excluding hydrogens is 254 g/mol. The van der Waals surface area contributed by atoms with Gasteiger partial charge < -0.3 is 9.47 Å². The first kappa shape index (κ1) is 13.2. The van der Waals surface area contributed by atoms with Crippen molar-refractivity contribution in [3.63, 3.8) is 0 Å². The van der Waals surface area contributed by atoms with Crippen LogP contribution in [0, 0.1) is 0 Å². The lowest BCUT2D eigenvalue weighted by molar-refractivity contribution is 0.171. The monoisotopic (exact) mass is 271 g/mol. The first-order valence-electron chi connectivity index (χ1n) is 5.91. The summed E-state index contributed by atoms with van der Waals surface area (Å²) in [7, 11) is -3.21. The van der Waals surface area contributed by atoms with E-state index in [4.69, 9.17) is 9.47 Å². The van der Waals surface area contributed by atoms with Crippen molar-refractivity contribution < 1.29 is 17.9 Å². The van der Waals surface area contributed by atoms with Gasteiger partial charge in [-0.25, -0.2) is 13.1 Å². The second-order valence-corrected chi connectivity index (χ2v) is 6.19. The Hall–Kier alpha value is -1.27. The Kier molecular flexibility index (Phi) is 3.77. The van der Waals surface area contributed by atoms with Gasteiger partial charge in [0.25, 0.3) is 0 Å². The zero-order valence-electron chi connectivity index (χ0n) is 10.5. The summed E-state index contributed by atoms with van der Waals surface area (Å²) in [5.41, 5.74) is 0.858. The van der Waals surface area contributed by atoms with Crippen molar-refractivity contribution >= 4 is 10.0 Å². The van der Waals surface area contributed by atoms with Crippen molar-refractivity contribution in [2.75, 3.05) is 19.0 Å². The lowest BCUT2D eigenvalue weighted by Gasteiger charge is -2.21. The highest BCUT2D eigenvalue weighted by molar-refractivity contribution is 7.89. The lowest BCUT2D eigenvalue weighted by atomic mass is 10.1. The maximum absolute atomic E-state index is 11.5. The van der Waals surface area contributed by atoms with E-state index in [2.05, 4.69) is 4.72 Å². The first-order valence-corrected chi connectivity index (χ1v) is 7.56. The maximum Gasteiger partial charge on any atom is 0.211 e. The zero-order valence-corrected chi connectivity index (χ0v) is 11.3. The Morgan fingerprint density at radius 1 is 1.28 bits per heavy atom. The van der Waals surface area contributed by atoms with E-state index in [1.54, 1.807) is 19.9 Å². The van der Waals surface area contributed by atoms with E-state index in [-0.39, 0.29) is 11.8 Å². The highest BCUT2D eigenvalue weighted by Crippen LogP contribution is 2.32. The van der Waals surface area contributed by atoms with E-state index in [0.29, 0.717) is 24.7 Å². The van der Waals surface area contributed by atoms with Gasteiger partial charge in [-0.2, -0.15) is 0 Å². The van der Waals surface area contributed by atoms with E-state index in [1.165, 1.54) is 0 Å². The van der Waals surface area contributed by atoms with Crippen molar-refractivity contribution in [1.82, 2.24) is 4.72 Å². The van der Waals surface area contributed by atoms with Gasteiger partial charge in [0, 0.05) is 6.04 Å². The molecule has 0 radical (unpaired) electrons. The predicted octanol–water partition coefficient (Wildman–Crippen LogP) is 1.46. The van der Waals surface area contributed by atoms with Crippen LogP contribution in [0.2, 0.25) is 0 Å². The molecule has 0 fully saturated rings. The molecule has 1 heterocycles. The molecule has 0 bridgehead atoms. The fraction of sp³-hybridized carbons (Fsp3) is 0.500. The van der Waals surface area contributed by atoms with Gasteiger partial charge in [0.15, 0.2) is 11.5 Å². The van der Waals surface area contributed by atoms with E-state index >= 15 is 0 Å². The van der Waals surface area contributed by atoms with Crippen molar-refractivity contribution in [3.05, 3.63) is 23.8 Å². The van der Waals surface area contributed by atoms with Crippen LogP contribution in [0.5, 0.6) is 11.5 Å². The zero-order chi connectivity index (χ0) is 13.2. The van der Waals surface area contributed by atoms with Crippen LogP contribution in [0.25, 0.3) is 0 Å². The van der Waals surface area contributed by atoms with Gasteiger partial charge in [0.1, 0.15) is 13.2 Å². The molecule has 1 aromatic carbocycles. The highest BCUT2D eigenvalue weighted by atomic mass is 32.2. The van der Waals surface area contributed by atoms with Crippen LogP contribution in [0.4, 0.5) is 0 Å². The van der Waals surface area contributed by atoms with Crippen LogP contribution in [0.1, 0.15) is 25.5 Å². The van der Waals surface area contributed by atoms with Crippen molar-refractivity contribution in [1.29, 1.82) is 0 Å². The molecule has 0 aromatic heterocycles. The summed E-state index contributed by atoms with van der Waals surface area (Å²) in [6.07, 6.45) is 0. The molecule has 100 valence electrons.